The molecule has 2 N–H and O–H groups in total. The molecule has 20 heavy (non-hydrogen) atoms. The Hall–Kier alpha value is -0.680. The van der Waals surface area contributed by atoms with Crippen molar-refractivity contribution in [2.75, 3.05) is 6.61 Å². The van der Waals surface area contributed by atoms with Gasteiger partial charge in [0, 0.05) is 21.5 Å². The van der Waals surface area contributed by atoms with Crippen LogP contribution in [0.5, 0.6) is 0 Å². The minimum Gasteiger partial charge on any atom is -0.395 e. The van der Waals surface area contributed by atoms with Crippen LogP contribution in [0.15, 0.2) is 57.5 Å². The zero-order valence-electron chi connectivity index (χ0n) is 11.0. The highest BCUT2D eigenvalue weighted by Gasteiger charge is 2.08. The molecule has 0 aliphatic carbocycles. The third-order valence-electron chi connectivity index (χ3n) is 3.12. The van der Waals surface area contributed by atoms with E-state index in [0.29, 0.717) is 0 Å². The van der Waals surface area contributed by atoms with Crippen molar-refractivity contribution in [2.24, 2.45) is 0 Å². The van der Waals surface area contributed by atoms with E-state index in [0.717, 1.165) is 21.9 Å². The topological polar surface area (TPSA) is 32.3 Å². The van der Waals surface area contributed by atoms with Gasteiger partial charge in [-0.2, -0.15) is 0 Å². The molecule has 1 atom stereocenters. The molecule has 0 saturated heterocycles. The van der Waals surface area contributed by atoms with Gasteiger partial charge in [-0.05, 0) is 61.5 Å². The van der Waals surface area contributed by atoms with E-state index in [1.54, 1.807) is 0 Å². The summed E-state index contributed by atoms with van der Waals surface area (Å²) in [4.78, 5) is 0. The third-order valence-corrected chi connectivity index (χ3v) is 5.00. The van der Waals surface area contributed by atoms with E-state index in [1.807, 2.05) is 24.3 Å². The van der Waals surface area contributed by atoms with Crippen LogP contribution in [-0.2, 0) is 13.0 Å². The molecule has 1 unspecified atom stereocenters. The van der Waals surface area contributed by atoms with Gasteiger partial charge in [-0.3, -0.25) is 0 Å². The molecule has 0 aliphatic rings. The number of aliphatic hydroxyl groups excluding tert-OH is 1. The largest absolute Gasteiger partial charge is 0.395 e. The van der Waals surface area contributed by atoms with Crippen molar-refractivity contribution < 1.29 is 5.11 Å². The number of benzene rings is 2. The zero-order valence-corrected chi connectivity index (χ0v) is 14.2. The summed E-state index contributed by atoms with van der Waals surface area (Å²) in [6, 6.07) is 16.5. The maximum absolute atomic E-state index is 9.48. The van der Waals surface area contributed by atoms with Gasteiger partial charge in [0.05, 0.1) is 6.61 Å². The standard InChI is InChI=1S/C16H17Br2NO/c17-15-7-6-13(9-16(15)18)10-19-14(11-20)8-12-4-2-1-3-5-12/h1-7,9,14,19-20H,8,10-11H2. The molecule has 0 saturated carbocycles. The minimum atomic E-state index is 0.0693. The van der Waals surface area contributed by atoms with Crippen LogP contribution >= 0.6 is 31.9 Å². The molecule has 0 aromatic heterocycles. The first-order valence-electron chi connectivity index (χ1n) is 6.51. The van der Waals surface area contributed by atoms with Crippen LogP contribution in [0.3, 0.4) is 0 Å². The SMILES string of the molecule is OCC(Cc1ccccc1)NCc1ccc(Br)c(Br)c1. The van der Waals surface area contributed by atoms with Crippen molar-refractivity contribution in [2.45, 2.75) is 19.0 Å². The minimum absolute atomic E-state index is 0.0693. The molecule has 0 spiro atoms. The van der Waals surface area contributed by atoms with Gasteiger partial charge in [-0.25, -0.2) is 0 Å². The van der Waals surface area contributed by atoms with Gasteiger partial charge < -0.3 is 10.4 Å². The number of nitrogens with one attached hydrogen (secondary N) is 1. The van der Waals surface area contributed by atoms with Crippen molar-refractivity contribution in [1.82, 2.24) is 5.32 Å². The van der Waals surface area contributed by atoms with Gasteiger partial charge in [0.2, 0.25) is 0 Å². The second-order valence-corrected chi connectivity index (χ2v) is 6.41. The van der Waals surface area contributed by atoms with E-state index in [1.165, 1.54) is 11.1 Å². The second-order valence-electron chi connectivity index (χ2n) is 4.70. The van der Waals surface area contributed by atoms with Gasteiger partial charge in [0.1, 0.15) is 0 Å². The number of halogens is 2. The highest BCUT2D eigenvalue weighted by molar-refractivity contribution is 9.13. The van der Waals surface area contributed by atoms with E-state index in [2.05, 4.69) is 61.4 Å². The lowest BCUT2D eigenvalue weighted by Crippen LogP contribution is -2.34. The lowest BCUT2D eigenvalue weighted by molar-refractivity contribution is 0.241. The molecule has 0 amide bonds. The average Bonchev–Trinajstić information content (AvgIpc) is 2.48. The Morgan fingerprint density at radius 1 is 0.950 bits per heavy atom. The van der Waals surface area contributed by atoms with Gasteiger partial charge in [-0.15, -0.1) is 0 Å². The summed E-state index contributed by atoms with van der Waals surface area (Å²) in [6.07, 6.45) is 0.828. The summed E-state index contributed by atoms with van der Waals surface area (Å²) in [5.74, 6) is 0. The number of aliphatic hydroxyl groups is 1. The fourth-order valence-electron chi connectivity index (χ4n) is 2.01. The molecule has 2 rings (SSSR count). The molecule has 0 fully saturated rings. The van der Waals surface area contributed by atoms with Crippen molar-refractivity contribution in [3.63, 3.8) is 0 Å². The molecule has 0 radical (unpaired) electrons. The Balaban J connectivity index is 1.92. The first kappa shape index (κ1) is 15.7. The fourth-order valence-corrected chi connectivity index (χ4v) is 2.68. The lowest BCUT2D eigenvalue weighted by atomic mass is 10.1. The quantitative estimate of drug-likeness (QED) is 0.773. The van der Waals surface area contributed by atoms with Gasteiger partial charge in [0.15, 0.2) is 0 Å². The predicted octanol–water partition coefficient (Wildman–Crippen LogP) is 3.90. The molecule has 2 aromatic rings. The maximum Gasteiger partial charge on any atom is 0.0587 e. The van der Waals surface area contributed by atoms with Crippen LogP contribution in [0, 0.1) is 0 Å². The Labute approximate surface area is 136 Å². The van der Waals surface area contributed by atoms with Crippen LogP contribution in [0.1, 0.15) is 11.1 Å². The third kappa shape index (κ3) is 4.70. The fraction of sp³-hybridized carbons (Fsp3) is 0.250. The normalized spacial score (nSPS) is 12.3. The van der Waals surface area contributed by atoms with Crippen LogP contribution in [-0.4, -0.2) is 17.8 Å². The van der Waals surface area contributed by atoms with E-state index >= 15 is 0 Å². The van der Waals surface area contributed by atoms with Gasteiger partial charge in [0.25, 0.3) is 0 Å². The zero-order chi connectivity index (χ0) is 14.4. The van der Waals surface area contributed by atoms with E-state index in [4.69, 9.17) is 0 Å². The van der Waals surface area contributed by atoms with Crippen LogP contribution in [0.4, 0.5) is 0 Å². The predicted molar refractivity (Wildman–Crippen MR) is 89.7 cm³/mol. The molecule has 106 valence electrons. The Kier molecular flexibility index (Phi) is 6.23. The summed E-state index contributed by atoms with van der Waals surface area (Å²) < 4.78 is 2.09. The van der Waals surface area contributed by atoms with Crippen molar-refractivity contribution in [3.8, 4) is 0 Å². The van der Waals surface area contributed by atoms with E-state index in [-0.39, 0.29) is 12.6 Å². The van der Waals surface area contributed by atoms with Crippen LogP contribution in [0.2, 0.25) is 0 Å². The number of rotatable bonds is 6. The molecule has 0 heterocycles. The summed E-state index contributed by atoms with van der Waals surface area (Å²) in [5, 5.41) is 12.9. The van der Waals surface area contributed by atoms with E-state index in [9.17, 15) is 5.11 Å². The molecule has 2 aromatic carbocycles. The van der Waals surface area contributed by atoms with Gasteiger partial charge in [-0.1, -0.05) is 36.4 Å². The van der Waals surface area contributed by atoms with Crippen LogP contribution in [0.25, 0.3) is 0 Å². The van der Waals surface area contributed by atoms with Crippen LogP contribution < -0.4 is 5.32 Å². The Morgan fingerprint density at radius 3 is 2.35 bits per heavy atom. The summed E-state index contributed by atoms with van der Waals surface area (Å²) in [5.41, 5.74) is 2.42. The molecule has 4 heteroatoms. The van der Waals surface area contributed by atoms with Crippen molar-refractivity contribution in [3.05, 3.63) is 68.6 Å². The molecule has 0 aliphatic heterocycles. The first-order chi connectivity index (χ1) is 9.69. The second kappa shape index (κ2) is 7.93. The van der Waals surface area contributed by atoms with Crippen molar-refractivity contribution in [1.29, 1.82) is 0 Å². The van der Waals surface area contributed by atoms with Crippen molar-refractivity contribution >= 4 is 31.9 Å². The highest BCUT2D eigenvalue weighted by atomic mass is 79.9. The van der Waals surface area contributed by atoms with Gasteiger partial charge >= 0.3 is 0 Å². The highest BCUT2D eigenvalue weighted by Crippen LogP contribution is 2.23. The Bertz CT molecular complexity index is 545. The first-order valence-corrected chi connectivity index (χ1v) is 8.09. The molecule has 2 nitrogen and oxygen atoms in total. The lowest BCUT2D eigenvalue weighted by Gasteiger charge is -2.16. The molecular weight excluding hydrogens is 382 g/mol. The number of hydrogen-bond acceptors (Lipinski definition) is 2. The maximum atomic E-state index is 9.48. The number of hydrogen-bond donors (Lipinski definition) is 2. The summed E-state index contributed by atoms with van der Waals surface area (Å²) >= 11 is 6.96. The molecule has 0 bridgehead atoms. The average molecular weight is 399 g/mol. The summed E-state index contributed by atoms with van der Waals surface area (Å²) in [6.45, 7) is 0.872. The van der Waals surface area contributed by atoms with E-state index < -0.39 is 0 Å². The summed E-state index contributed by atoms with van der Waals surface area (Å²) in [7, 11) is 0. The smallest absolute Gasteiger partial charge is 0.0587 e. The Morgan fingerprint density at radius 2 is 1.70 bits per heavy atom. The molecular formula is C16H17Br2NO. The monoisotopic (exact) mass is 397 g/mol.